The second-order valence-electron chi connectivity index (χ2n) is 18.9. The Morgan fingerprint density at radius 2 is 0.944 bits per heavy atom. The minimum absolute atomic E-state index is 0.0730. The molecule has 284 valence electrons. The first-order valence-electron chi connectivity index (χ1n) is 20.2. The Morgan fingerprint density at radius 3 is 1.22 bits per heavy atom. The topological polar surface area (TPSA) is 18.5 Å². The first-order chi connectivity index (χ1) is 25.5. The van der Waals surface area contributed by atoms with E-state index >= 15 is 0 Å². The fourth-order valence-electron chi connectivity index (χ4n) is 9.22. The molecular weight excluding hydrogens is 752 g/mol. The Kier molecular flexibility index (Phi) is 12.0. The van der Waals surface area contributed by atoms with Gasteiger partial charge in [-0.2, -0.15) is 0 Å². The predicted octanol–water partition coefficient (Wildman–Crippen LogP) is 14.2. The van der Waals surface area contributed by atoms with Gasteiger partial charge in [-0.3, -0.25) is 0 Å². The third-order valence-corrected chi connectivity index (χ3v) is 30.9. The van der Waals surface area contributed by atoms with Crippen LogP contribution in [0.15, 0.2) is 83.9 Å². The van der Waals surface area contributed by atoms with Gasteiger partial charge in [-0.15, -0.1) is 0 Å². The number of methoxy groups -OCH3 is 2. The van der Waals surface area contributed by atoms with Crippen molar-refractivity contribution in [2.45, 2.75) is 113 Å². The summed E-state index contributed by atoms with van der Waals surface area (Å²) in [5.41, 5.74) is 16.2. The number of hydrogen-bond donors (Lipinski definition) is 0. The molecule has 0 radical (unpaired) electrons. The summed E-state index contributed by atoms with van der Waals surface area (Å²) in [6.45, 7) is 29.1. The third kappa shape index (κ3) is 7.73. The van der Waals surface area contributed by atoms with E-state index in [9.17, 15) is 0 Å². The Labute approximate surface area is 335 Å². The Bertz CT molecular complexity index is 1970. The van der Waals surface area contributed by atoms with E-state index in [0.29, 0.717) is 19.1 Å². The number of allylic oxidation sites excluding steroid dienone is 2. The van der Waals surface area contributed by atoms with Gasteiger partial charge < -0.3 is 0 Å². The van der Waals surface area contributed by atoms with Crippen LogP contribution in [0.25, 0.3) is 34.4 Å². The molecule has 54 heavy (non-hydrogen) atoms. The maximum absolute atomic E-state index is 6.44. The number of benzene rings is 4. The standard InChI is InChI=1S/2C24H29O.C2H6Si.Zr/c2*1-16(2)12-17-13-19-15-21(24(3,4)5)23(25-6)22(20(19)14-17)18-10-8-7-9-11-18;1-3-2;/h2*7-11,13-16H,12H2,1-6H3;1-2H3;. The molecule has 0 N–H and O–H groups in total. The van der Waals surface area contributed by atoms with Gasteiger partial charge in [0.1, 0.15) is 0 Å². The Morgan fingerprint density at radius 1 is 0.593 bits per heavy atom. The quantitative estimate of drug-likeness (QED) is 0.148. The summed E-state index contributed by atoms with van der Waals surface area (Å²) in [5, 5.41) is 0. The maximum atomic E-state index is 6.44. The summed E-state index contributed by atoms with van der Waals surface area (Å²) in [7, 11) is 3.75. The number of ether oxygens (including phenoxy) is 2. The molecule has 0 bridgehead atoms. The van der Waals surface area contributed by atoms with E-state index in [0.717, 1.165) is 24.3 Å². The molecule has 2 atom stereocenters. The van der Waals surface area contributed by atoms with E-state index in [2.05, 4.69) is 167 Å². The van der Waals surface area contributed by atoms with Crippen LogP contribution < -0.4 is 9.47 Å². The SMILES string of the molecule is COc1c(C(C)(C)C)cc2c(c1-c1ccccc1)C=C(CC(C)C)[CH]2[Zr]([CH]1C(CC(C)C)=Cc2c1cc(C(C)(C)C)c(OC)c2-c1ccccc1)=[Si](C)C. The zero-order chi connectivity index (χ0) is 39.3. The first-order valence-corrected chi connectivity index (χ1v) is 29.2. The van der Waals surface area contributed by atoms with Crippen LogP contribution in [0.2, 0.25) is 13.1 Å². The van der Waals surface area contributed by atoms with Crippen molar-refractivity contribution in [3.8, 4) is 33.8 Å². The van der Waals surface area contributed by atoms with Gasteiger partial charge in [-0.25, -0.2) is 0 Å². The Balaban J connectivity index is 1.72. The van der Waals surface area contributed by atoms with E-state index in [-0.39, 0.29) is 10.8 Å². The molecule has 0 saturated carbocycles. The van der Waals surface area contributed by atoms with Crippen molar-refractivity contribution in [1.29, 1.82) is 0 Å². The molecule has 2 aliphatic carbocycles. The van der Waals surface area contributed by atoms with Crippen molar-refractivity contribution in [3.63, 3.8) is 0 Å². The number of fused-ring (bicyclic) bond motifs is 2. The van der Waals surface area contributed by atoms with Crippen LogP contribution in [-0.2, 0) is 31.2 Å². The molecule has 0 saturated heterocycles. The van der Waals surface area contributed by atoms with Gasteiger partial charge in [0.2, 0.25) is 0 Å². The van der Waals surface area contributed by atoms with Gasteiger partial charge in [0.15, 0.2) is 0 Å². The molecular formula is C50H64O2SiZr. The molecule has 4 aromatic carbocycles. The molecule has 0 spiro atoms. The molecule has 4 heteroatoms. The predicted molar refractivity (Wildman–Crippen MR) is 232 cm³/mol. The summed E-state index contributed by atoms with van der Waals surface area (Å²) in [6, 6.07) is 27.4. The van der Waals surface area contributed by atoms with Crippen LogP contribution in [0.5, 0.6) is 11.5 Å². The van der Waals surface area contributed by atoms with Crippen molar-refractivity contribution in [2.24, 2.45) is 11.8 Å². The van der Waals surface area contributed by atoms with E-state index < -0.39 is 25.8 Å². The molecule has 2 unspecified atom stereocenters. The van der Waals surface area contributed by atoms with Gasteiger partial charge in [-0.05, 0) is 0 Å². The van der Waals surface area contributed by atoms with Crippen LogP contribution in [0, 0.1) is 11.8 Å². The first kappa shape index (κ1) is 40.7. The fourth-order valence-corrected chi connectivity index (χ4v) is 29.5. The number of rotatable bonds is 10. The fraction of sp³-hybridized carbons (Fsp3) is 0.440. The molecule has 0 amide bonds. The molecule has 0 aliphatic heterocycles. The van der Waals surface area contributed by atoms with Gasteiger partial charge in [-0.1, -0.05) is 0 Å². The average molecular weight is 816 g/mol. The van der Waals surface area contributed by atoms with Crippen molar-refractivity contribution in [1.82, 2.24) is 0 Å². The normalized spacial score (nSPS) is 16.7. The van der Waals surface area contributed by atoms with E-state index in [4.69, 9.17) is 9.47 Å². The summed E-state index contributed by atoms with van der Waals surface area (Å²) in [6.07, 6.45) is 7.56. The van der Waals surface area contributed by atoms with E-state index in [1.54, 1.807) is 22.3 Å². The van der Waals surface area contributed by atoms with Crippen molar-refractivity contribution >= 4 is 17.6 Å². The van der Waals surface area contributed by atoms with Crippen molar-refractivity contribution < 1.29 is 29.8 Å². The number of hydrogen-bond acceptors (Lipinski definition) is 2. The van der Waals surface area contributed by atoms with Crippen molar-refractivity contribution in [2.75, 3.05) is 14.2 Å². The van der Waals surface area contributed by atoms with Gasteiger partial charge in [0, 0.05) is 0 Å². The average Bonchev–Trinajstić information content (AvgIpc) is 3.62. The molecule has 2 nitrogen and oxygen atoms in total. The van der Waals surface area contributed by atoms with Gasteiger partial charge in [0.05, 0.1) is 0 Å². The van der Waals surface area contributed by atoms with Crippen LogP contribution in [0.1, 0.15) is 123 Å². The summed E-state index contributed by atoms with van der Waals surface area (Å²) >= 11 is -2.54. The second kappa shape index (κ2) is 15.9. The minimum atomic E-state index is -2.54. The second-order valence-corrected chi connectivity index (χ2v) is 36.7. The molecule has 0 heterocycles. The third-order valence-electron chi connectivity index (χ3n) is 11.4. The zero-order valence-corrected chi connectivity index (χ0v) is 39.1. The molecule has 4 aromatic rings. The molecule has 0 fully saturated rings. The van der Waals surface area contributed by atoms with Crippen LogP contribution in [0.4, 0.5) is 0 Å². The zero-order valence-electron chi connectivity index (χ0n) is 35.6. The molecule has 6 rings (SSSR count). The summed E-state index contributed by atoms with van der Waals surface area (Å²) in [4.78, 5) is 0. The summed E-state index contributed by atoms with van der Waals surface area (Å²) in [5.74, 6) is 3.24. The summed E-state index contributed by atoms with van der Waals surface area (Å²) < 4.78 is 13.9. The van der Waals surface area contributed by atoms with E-state index in [1.807, 2.05) is 14.2 Å². The van der Waals surface area contributed by atoms with E-state index in [1.165, 1.54) is 44.5 Å². The monoisotopic (exact) mass is 814 g/mol. The van der Waals surface area contributed by atoms with Crippen LogP contribution in [0.3, 0.4) is 0 Å². The van der Waals surface area contributed by atoms with Crippen LogP contribution >= 0.6 is 0 Å². The molecule has 0 aromatic heterocycles. The van der Waals surface area contributed by atoms with Gasteiger partial charge >= 0.3 is 338 Å². The van der Waals surface area contributed by atoms with Crippen molar-refractivity contribution in [3.05, 3.63) is 117 Å². The van der Waals surface area contributed by atoms with Gasteiger partial charge in [0.25, 0.3) is 0 Å². The van der Waals surface area contributed by atoms with Crippen LogP contribution in [-0.4, -0.2) is 19.7 Å². The molecule has 2 aliphatic rings. The Hall–Kier alpha value is -2.94.